The monoisotopic (exact) mass is 437 g/mol. The van der Waals surface area contributed by atoms with E-state index in [4.69, 9.17) is 9.47 Å². The van der Waals surface area contributed by atoms with E-state index in [2.05, 4.69) is 26.8 Å². The van der Waals surface area contributed by atoms with E-state index < -0.39 is 0 Å². The third-order valence-electron chi connectivity index (χ3n) is 5.94. The Morgan fingerprint density at radius 3 is 2.88 bits per heavy atom. The SMILES string of the molecule is COc1cc(C=CC2NC3COCC[N+]3(c3ccc(F)cc3)N2)cnc1-n1cnc(C)c1. The molecule has 2 aliphatic rings. The Balaban J connectivity index is 1.37. The maximum Gasteiger partial charge on any atom is 0.191 e. The number of quaternary nitrogens is 1. The molecule has 166 valence electrons. The van der Waals surface area contributed by atoms with E-state index >= 15 is 0 Å². The highest BCUT2D eigenvalue weighted by molar-refractivity contribution is 5.55. The van der Waals surface area contributed by atoms with Crippen molar-refractivity contribution in [1.82, 2.24) is 29.9 Å². The van der Waals surface area contributed by atoms with Gasteiger partial charge in [-0.2, -0.15) is 4.59 Å². The minimum atomic E-state index is -0.240. The number of morpholine rings is 1. The largest absolute Gasteiger partial charge is 0.493 e. The van der Waals surface area contributed by atoms with Crippen molar-refractivity contribution in [3.8, 4) is 11.6 Å². The molecule has 2 aliphatic heterocycles. The second kappa shape index (κ2) is 8.44. The van der Waals surface area contributed by atoms with Crippen LogP contribution in [0.5, 0.6) is 5.75 Å². The van der Waals surface area contributed by atoms with Crippen LogP contribution in [0.4, 0.5) is 10.1 Å². The van der Waals surface area contributed by atoms with Gasteiger partial charge >= 0.3 is 0 Å². The fourth-order valence-corrected chi connectivity index (χ4v) is 4.33. The molecule has 1 aromatic carbocycles. The van der Waals surface area contributed by atoms with Crippen molar-refractivity contribution in [2.24, 2.45) is 0 Å². The van der Waals surface area contributed by atoms with Gasteiger partial charge in [0.1, 0.15) is 31.5 Å². The van der Waals surface area contributed by atoms with Crippen molar-refractivity contribution in [1.29, 1.82) is 0 Å². The summed E-state index contributed by atoms with van der Waals surface area (Å²) in [5.74, 6) is 1.12. The van der Waals surface area contributed by atoms with Gasteiger partial charge in [-0.15, -0.1) is 5.43 Å². The topological polar surface area (TPSA) is 73.2 Å². The Bertz CT molecular complexity index is 1130. The molecule has 3 aromatic rings. The number of halogens is 1. The van der Waals surface area contributed by atoms with Gasteiger partial charge in [0.2, 0.25) is 0 Å². The van der Waals surface area contributed by atoms with Gasteiger partial charge < -0.3 is 9.47 Å². The van der Waals surface area contributed by atoms with Crippen LogP contribution in [0, 0.1) is 12.7 Å². The molecule has 2 N–H and O–H groups in total. The molecular formula is C23H26FN6O2+. The van der Waals surface area contributed by atoms with Crippen LogP contribution < -0.4 is 20.1 Å². The van der Waals surface area contributed by atoms with Gasteiger partial charge in [-0.3, -0.25) is 4.57 Å². The number of aryl methyl sites for hydroxylation is 1. The number of benzene rings is 1. The molecule has 0 spiro atoms. The van der Waals surface area contributed by atoms with Gasteiger partial charge in [0.15, 0.2) is 23.4 Å². The molecule has 0 bridgehead atoms. The molecule has 2 saturated heterocycles. The molecule has 5 rings (SSSR count). The molecule has 0 aliphatic carbocycles. The molecule has 3 atom stereocenters. The fourth-order valence-electron chi connectivity index (χ4n) is 4.33. The maximum absolute atomic E-state index is 13.5. The van der Waals surface area contributed by atoms with Gasteiger partial charge in [0.25, 0.3) is 0 Å². The van der Waals surface area contributed by atoms with E-state index in [1.54, 1.807) is 19.6 Å². The highest BCUT2D eigenvalue weighted by Gasteiger charge is 2.50. The van der Waals surface area contributed by atoms with E-state index in [0.717, 1.165) is 23.5 Å². The van der Waals surface area contributed by atoms with Gasteiger partial charge in [-0.05, 0) is 36.8 Å². The Labute approximate surface area is 185 Å². The van der Waals surface area contributed by atoms with Crippen molar-refractivity contribution >= 4 is 11.8 Å². The maximum atomic E-state index is 13.5. The molecule has 8 nitrogen and oxygen atoms in total. The molecule has 9 heteroatoms. The van der Waals surface area contributed by atoms with E-state index in [0.29, 0.717) is 29.4 Å². The summed E-state index contributed by atoms with van der Waals surface area (Å²) in [6.45, 7) is 3.89. The lowest BCUT2D eigenvalue weighted by Crippen LogP contribution is -2.66. The zero-order valence-electron chi connectivity index (χ0n) is 18.0. The van der Waals surface area contributed by atoms with Crippen molar-refractivity contribution < 1.29 is 13.9 Å². The van der Waals surface area contributed by atoms with Crippen molar-refractivity contribution in [2.45, 2.75) is 19.3 Å². The third kappa shape index (κ3) is 3.80. The average Bonchev–Trinajstić information content (AvgIpc) is 3.41. The average molecular weight is 437 g/mol. The number of hydrogen-bond acceptors (Lipinski definition) is 6. The lowest BCUT2D eigenvalue weighted by atomic mass is 10.2. The van der Waals surface area contributed by atoms with Crippen LogP contribution in [0.3, 0.4) is 0 Å². The quantitative estimate of drug-likeness (QED) is 0.598. The van der Waals surface area contributed by atoms with Crippen molar-refractivity contribution in [2.75, 3.05) is 26.9 Å². The number of aromatic nitrogens is 3. The number of hydrogen-bond donors (Lipinski definition) is 2. The zero-order valence-corrected chi connectivity index (χ0v) is 18.0. The summed E-state index contributed by atoms with van der Waals surface area (Å²) < 4.78 is 27.1. The second-order valence-corrected chi connectivity index (χ2v) is 8.01. The minimum absolute atomic E-state index is 0.0309. The highest BCUT2D eigenvalue weighted by atomic mass is 19.1. The van der Waals surface area contributed by atoms with E-state index in [-0.39, 0.29) is 18.1 Å². The number of nitrogens with zero attached hydrogens (tertiary/aromatic N) is 4. The predicted octanol–water partition coefficient (Wildman–Crippen LogP) is 2.53. The molecule has 0 saturated carbocycles. The van der Waals surface area contributed by atoms with Crippen LogP contribution in [0.2, 0.25) is 0 Å². The standard InChI is InChI=1S/C23H26FN6O2/c1-16-13-29(15-26-16)23-20(31-2)11-17(12-25-23)3-8-21-27-22-14-32-10-9-30(22,28-21)19-6-4-18(24)5-7-19/h3-8,11-13,15,21-22,27-28H,9-10,14H2,1-2H3/q+1. The summed E-state index contributed by atoms with van der Waals surface area (Å²) in [4.78, 5) is 8.82. The first kappa shape index (κ1) is 20.8. The Morgan fingerprint density at radius 2 is 2.12 bits per heavy atom. The van der Waals surface area contributed by atoms with Crippen LogP contribution in [0.15, 0.2) is 55.1 Å². The number of imidazole rings is 1. The molecule has 2 fully saturated rings. The van der Waals surface area contributed by atoms with Crippen LogP contribution >= 0.6 is 0 Å². The predicted molar refractivity (Wildman–Crippen MR) is 119 cm³/mol. The first-order valence-corrected chi connectivity index (χ1v) is 10.6. The normalized spacial score (nSPS) is 25.2. The second-order valence-electron chi connectivity index (χ2n) is 8.01. The van der Waals surface area contributed by atoms with E-state index in [1.807, 2.05) is 42.0 Å². The number of rotatable bonds is 5. The van der Waals surface area contributed by atoms with Gasteiger partial charge in [-0.1, -0.05) is 6.08 Å². The molecule has 0 radical (unpaired) electrons. The summed E-state index contributed by atoms with van der Waals surface area (Å²) in [6.07, 6.45) is 9.43. The molecule has 2 aromatic heterocycles. The first-order valence-electron chi connectivity index (χ1n) is 10.6. The summed E-state index contributed by atoms with van der Waals surface area (Å²) in [6, 6.07) is 8.62. The summed E-state index contributed by atoms with van der Waals surface area (Å²) in [5.41, 5.74) is 6.49. The molecule has 32 heavy (non-hydrogen) atoms. The van der Waals surface area contributed by atoms with Gasteiger partial charge in [0, 0.05) is 24.5 Å². The lowest BCUT2D eigenvalue weighted by Gasteiger charge is -2.40. The van der Waals surface area contributed by atoms with Gasteiger partial charge in [0.05, 0.1) is 19.4 Å². The smallest absolute Gasteiger partial charge is 0.191 e. The molecular weight excluding hydrogens is 411 g/mol. The summed E-state index contributed by atoms with van der Waals surface area (Å²) in [7, 11) is 1.63. The van der Waals surface area contributed by atoms with E-state index in [1.165, 1.54) is 12.1 Å². The van der Waals surface area contributed by atoms with Crippen LogP contribution in [-0.4, -0.2) is 53.7 Å². The van der Waals surface area contributed by atoms with Crippen molar-refractivity contribution in [3.63, 3.8) is 0 Å². The van der Waals surface area contributed by atoms with E-state index in [9.17, 15) is 4.39 Å². The fraction of sp³-hybridized carbons (Fsp3) is 0.304. The van der Waals surface area contributed by atoms with Crippen LogP contribution in [0.1, 0.15) is 11.3 Å². The zero-order chi connectivity index (χ0) is 22.1. The van der Waals surface area contributed by atoms with Gasteiger partial charge in [-0.25, -0.2) is 19.7 Å². The lowest BCUT2D eigenvalue weighted by molar-refractivity contribution is -0.00805. The Kier molecular flexibility index (Phi) is 5.48. The van der Waals surface area contributed by atoms with Crippen molar-refractivity contribution in [3.05, 3.63) is 72.2 Å². The number of fused-ring (bicyclic) bond motifs is 1. The number of methoxy groups -OCH3 is 1. The summed E-state index contributed by atoms with van der Waals surface area (Å²) in [5, 5.41) is 3.58. The highest BCUT2D eigenvalue weighted by Crippen LogP contribution is 2.30. The number of pyridine rings is 1. The molecule has 4 heterocycles. The van der Waals surface area contributed by atoms with Crippen LogP contribution in [-0.2, 0) is 4.74 Å². The first-order chi connectivity index (χ1) is 15.6. The minimum Gasteiger partial charge on any atom is -0.493 e. The summed E-state index contributed by atoms with van der Waals surface area (Å²) >= 11 is 0. The Hall–Kier alpha value is -3.11. The molecule has 3 unspecified atom stereocenters. The number of ether oxygens (including phenoxy) is 2. The van der Waals surface area contributed by atoms with Crippen LogP contribution in [0.25, 0.3) is 11.9 Å². The molecule has 0 amide bonds. The Morgan fingerprint density at radius 1 is 1.28 bits per heavy atom. The third-order valence-corrected chi connectivity index (χ3v) is 5.94. The number of nitrogens with one attached hydrogen (secondary N) is 2.